The number of esters is 1. The van der Waals surface area contributed by atoms with Gasteiger partial charge in [0.2, 0.25) is 5.91 Å². The lowest BCUT2D eigenvalue weighted by molar-refractivity contribution is -0.146. The third-order valence-electron chi connectivity index (χ3n) is 5.78. The van der Waals surface area contributed by atoms with E-state index in [2.05, 4.69) is 15.3 Å². The first-order valence-corrected chi connectivity index (χ1v) is 11.8. The number of hydrogen-bond donors (Lipinski definition) is 2. The molecule has 1 aromatic heterocycles. The van der Waals surface area contributed by atoms with Crippen molar-refractivity contribution >= 4 is 29.4 Å². The van der Waals surface area contributed by atoms with Gasteiger partial charge in [-0.05, 0) is 37.0 Å². The lowest BCUT2D eigenvalue weighted by Crippen LogP contribution is -2.45. The number of nitrogens with zero attached hydrogens (tertiary/aromatic N) is 2. The number of ether oxygens (including phenoxy) is 1. The van der Waals surface area contributed by atoms with E-state index < -0.39 is 17.9 Å². The van der Waals surface area contributed by atoms with Crippen LogP contribution in [0.2, 0.25) is 5.02 Å². The minimum Gasteiger partial charge on any atom is -0.467 e. The fourth-order valence-electron chi connectivity index (χ4n) is 3.88. The van der Waals surface area contributed by atoms with Crippen molar-refractivity contribution in [1.82, 2.24) is 15.3 Å². The Morgan fingerprint density at radius 3 is 2.19 bits per heavy atom. The molecule has 1 heterocycles. The highest BCUT2D eigenvalue weighted by molar-refractivity contribution is 6.33. The Morgan fingerprint density at radius 1 is 1.00 bits per heavy atom. The SMILES string of the molecule is COC(=O)C(NC(=O)Cc1ccc(-c2ccc(-c3nc(C(N)=O)c(C)nc3C)cc2)c(Cl)c1)C(C)C. The second kappa shape index (κ2) is 11.3. The molecule has 0 aliphatic carbocycles. The van der Waals surface area contributed by atoms with Crippen molar-refractivity contribution in [2.75, 3.05) is 7.11 Å². The maximum atomic E-state index is 12.5. The van der Waals surface area contributed by atoms with Crippen molar-refractivity contribution in [3.8, 4) is 22.4 Å². The Balaban J connectivity index is 1.79. The van der Waals surface area contributed by atoms with E-state index in [9.17, 15) is 14.4 Å². The van der Waals surface area contributed by atoms with Crippen LogP contribution in [0.1, 0.15) is 41.3 Å². The maximum absolute atomic E-state index is 12.5. The Kier molecular flexibility index (Phi) is 8.42. The summed E-state index contributed by atoms with van der Waals surface area (Å²) in [5, 5.41) is 3.22. The van der Waals surface area contributed by atoms with Crippen LogP contribution in [0.3, 0.4) is 0 Å². The summed E-state index contributed by atoms with van der Waals surface area (Å²) in [5.74, 6) is -1.50. The number of benzene rings is 2. The number of hydrogen-bond acceptors (Lipinski definition) is 6. The lowest BCUT2D eigenvalue weighted by Gasteiger charge is -2.19. The number of halogens is 1. The topological polar surface area (TPSA) is 124 Å². The number of aromatic nitrogens is 2. The molecule has 188 valence electrons. The molecule has 8 nitrogen and oxygen atoms in total. The third kappa shape index (κ3) is 6.07. The van der Waals surface area contributed by atoms with Crippen molar-refractivity contribution in [2.24, 2.45) is 11.7 Å². The molecule has 3 aromatic rings. The van der Waals surface area contributed by atoms with Crippen LogP contribution in [-0.4, -0.2) is 40.9 Å². The molecule has 0 spiro atoms. The highest BCUT2D eigenvalue weighted by Crippen LogP contribution is 2.31. The minimum absolute atomic E-state index is 0.0761. The monoisotopic (exact) mass is 508 g/mol. The molecule has 2 amide bonds. The van der Waals surface area contributed by atoms with Crippen molar-refractivity contribution in [3.63, 3.8) is 0 Å². The van der Waals surface area contributed by atoms with Gasteiger partial charge >= 0.3 is 5.97 Å². The summed E-state index contributed by atoms with van der Waals surface area (Å²) < 4.78 is 4.77. The quantitative estimate of drug-likeness (QED) is 0.442. The summed E-state index contributed by atoms with van der Waals surface area (Å²) >= 11 is 6.55. The van der Waals surface area contributed by atoms with Gasteiger partial charge in [-0.3, -0.25) is 14.6 Å². The highest BCUT2D eigenvalue weighted by atomic mass is 35.5. The van der Waals surface area contributed by atoms with Crippen LogP contribution in [0.15, 0.2) is 42.5 Å². The maximum Gasteiger partial charge on any atom is 0.328 e. The number of carbonyl (C=O) groups excluding carboxylic acids is 3. The summed E-state index contributed by atoms with van der Waals surface area (Å²) in [6.45, 7) is 7.20. The van der Waals surface area contributed by atoms with E-state index in [1.54, 1.807) is 13.0 Å². The zero-order valence-electron chi connectivity index (χ0n) is 20.9. The van der Waals surface area contributed by atoms with Crippen LogP contribution in [0, 0.1) is 19.8 Å². The van der Waals surface area contributed by atoms with E-state index in [0.717, 1.165) is 22.3 Å². The molecule has 0 radical (unpaired) electrons. The fourth-order valence-corrected chi connectivity index (χ4v) is 4.20. The zero-order valence-corrected chi connectivity index (χ0v) is 21.6. The number of amides is 2. The number of methoxy groups -OCH3 is 1. The molecule has 0 bridgehead atoms. The van der Waals surface area contributed by atoms with Gasteiger partial charge in [0.25, 0.3) is 5.91 Å². The first-order valence-electron chi connectivity index (χ1n) is 11.4. The Labute approximate surface area is 215 Å². The van der Waals surface area contributed by atoms with Crippen molar-refractivity contribution in [3.05, 3.63) is 70.1 Å². The third-order valence-corrected chi connectivity index (χ3v) is 6.10. The molecule has 9 heteroatoms. The molecule has 0 aliphatic heterocycles. The first-order chi connectivity index (χ1) is 17.0. The lowest BCUT2D eigenvalue weighted by atomic mass is 9.99. The summed E-state index contributed by atoms with van der Waals surface area (Å²) in [5.41, 5.74) is 10.5. The molecule has 0 aliphatic rings. The molecule has 0 saturated carbocycles. The minimum atomic E-state index is -0.711. The highest BCUT2D eigenvalue weighted by Gasteiger charge is 2.25. The van der Waals surface area contributed by atoms with Gasteiger partial charge in [0.05, 0.1) is 30.6 Å². The van der Waals surface area contributed by atoms with Crippen LogP contribution < -0.4 is 11.1 Å². The average molecular weight is 509 g/mol. The summed E-state index contributed by atoms with van der Waals surface area (Å²) in [7, 11) is 1.29. The molecule has 0 fully saturated rings. The Bertz CT molecular complexity index is 1310. The Hall–Kier alpha value is -3.78. The smallest absolute Gasteiger partial charge is 0.328 e. The molecular formula is C27H29ClN4O4. The van der Waals surface area contributed by atoms with Gasteiger partial charge in [-0.1, -0.05) is 61.8 Å². The van der Waals surface area contributed by atoms with E-state index in [1.165, 1.54) is 7.11 Å². The predicted molar refractivity (Wildman–Crippen MR) is 138 cm³/mol. The first kappa shape index (κ1) is 26.8. The zero-order chi connectivity index (χ0) is 26.6. The van der Waals surface area contributed by atoms with Gasteiger partial charge in [0.15, 0.2) is 0 Å². The van der Waals surface area contributed by atoms with Gasteiger partial charge in [-0.25, -0.2) is 9.78 Å². The van der Waals surface area contributed by atoms with Crippen LogP contribution in [0.25, 0.3) is 22.4 Å². The number of carbonyl (C=O) groups is 3. The molecule has 3 N–H and O–H groups in total. The Morgan fingerprint density at radius 2 is 1.64 bits per heavy atom. The van der Waals surface area contributed by atoms with E-state index in [0.29, 0.717) is 22.1 Å². The largest absolute Gasteiger partial charge is 0.467 e. The summed E-state index contributed by atoms with van der Waals surface area (Å²) in [6, 6.07) is 12.3. The number of nitrogens with two attached hydrogens (primary N) is 1. The number of nitrogens with one attached hydrogen (secondary N) is 1. The van der Waals surface area contributed by atoms with Crippen LogP contribution in [-0.2, 0) is 20.7 Å². The van der Waals surface area contributed by atoms with Gasteiger partial charge in [-0.15, -0.1) is 0 Å². The number of aryl methyl sites for hydroxylation is 2. The van der Waals surface area contributed by atoms with Crippen molar-refractivity contribution < 1.29 is 19.1 Å². The van der Waals surface area contributed by atoms with Crippen molar-refractivity contribution in [1.29, 1.82) is 0 Å². The van der Waals surface area contributed by atoms with E-state index in [1.807, 2.05) is 57.2 Å². The molecule has 1 unspecified atom stereocenters. The van der Waals surface area contributed by atoms with E-state index >= 15 is 0 Å². The fraction of sp³-hybridized carbons (Fsp3) is 0.296. The van der Waals surface area contributed by atoms with Crippen molar-refractivity contribution in [2.45, 2.75) is 40.2 Å². The van der Waals surface area contributed by atoms with E-state index in [-0.39, 0.29) is 23.9 Å². The summed E-state index contributed by atoms with van der Waals surface area (Å²) in [6.07, 6.45) is 0.0761. The molecule has 36 heavy (non-hydrogen) atoms. The second-order valence-electron chi connectivity index (χ2n) is 8.84. The molecule has 1 atom stereocenters. The number of primary amides is 1. The average Bonchev–Trinajstić information content (AvgIpc) is 2.82. The molecular weight excluding hydrogens is 480 g/mol. The molecule has 2 aromatic carbocycles. The van der Waals surface area contributed by atoms with E-state index in [4.69, 9.17) is 22.1 Å². The summed E-state index contributed by atoms with van der Waals surface area (Å²) in [4.78, 5) is 44.9. The van der Waals surface area contributed by atoms with Gasteiger partial charge in [0, 0.05) is 16.1 Å². The molecule has 0 saturated heterocycles. The van der Waals surface area contributed by atoms with Gasteiger partial charge < -0.3 is 15.8 Å². The second-order valence-corrected chi connectivity index (χ2v) is 9.24. The van der Waals surface area contributed by atoms with Gasteiger partial charge in [0.1, 0.15) is 11.7 Å². The number of rotatable bonds is 8. The van der Waals surface area contributed by atoms with Gasteiger partial charge in [-0.2, -0.15) is 0 Å². The van der Waals surface area contributed by atoms with Crippen LogP contribution in [0.4, 0.5) is 0 Å². The molecule has 3 rings (SSSR count). The van der Waals surface area contributed by atoms with Crippen LogP contribution >= 0.6 is 11.6 Å². The normalized spacial score (nSPS) is 11.8. The predicted octanol–water partition coefficient (Wildman–Crippen LogP) is 4.04. The standard InChI is InChI=1S/C27H29ClN4O4/c1-14(2)23(27(35)36-5)31-22(33)13-17-6-11-20(21(28)12-17)18-7-9-19(10-8-18)24-15(3)30-16(4)25(32-24)26(29)34/h6-12,14,23H,13H2,1-5H3,(H2,29,34)(H,31,33). The van der Waals surface area contributed by atoms with Crippen LogP contribution in [0.5, 0.6) is 0 Å².